The Morgan fingerprint density at radius 2 is 2.23 bits per heavy atom. The number of hydrogen-bond donors (Lipinski definition) is 2. The van der Waals surface area contributed by atoms with Gasteiger partial charge in [0, 0.05) is 32.8 Å². The molecular weight excluding hydrogens is 332 g/mol. The van der Waals surface area contributed by atoms with Crippen LogP contribution in [0.5, 0.6) is 0 Å². The van der Waals surface area contributed by atoms with Crippen LogP contribution in [-0.2, 0) is 11.3 Å². The van der Waals surface area contributed by atoms with E-state index in [4.69, 9.17) is 9.26 Å². The molecule has 26 heavy (non-hydrogen) atoms. The molecule has 1 saturated heterocycles. The van der Waals surface area contributed by atoms with Gasteiger partial charge in [-0.1, -0.05) is 18.5 Å². The Hall–Kier alpha value is -1.67. The first kappa shape index (κ1) is 20.6. The van der Waals surface area contributed by atoms with Gasteiger partial charge in [-0.3, -0.25) is 9.89 Å². The summed E-state index contributed by atoms with van der Waals surface area (Å²) in [4.78, 5) is 11.2. The Kier molecular flexibility index (Phi) is 8.84. The molecule has 0 aromatic carbocycles. The van der Waals surface area contributed by atoms with E-state index in [0.29, 0.717) is 24.9 Å². The van der Waals surface area contributed by atoms with Crippen molar-refractivity contribution in [2.45, 2.75) is 65.1 Å². The minimum Gasteiger partial charge on any atom is -0.371 e. The van der Waals surface area contributed by atoms with E-state index >= 15 is 0 Å². The molecule has 0 spiro atoms. The second-order valence-electron chi connectivity index (χ2n) is 6.59. The lowest BCUT2D eigenvalue weighted by atomic mass is 10.0. The largest absolute Gasteiger partial charge is 0.371 e. The molecule has 0 radical (unpaired) electrons. The SMILES string of the molecule is CCOC(C)c1noc(CNC(=NC)NCCN2CCCCC2CC)n1. The van der Waals surface area contributed by atoms with Crippen LogP contribution in [0.2, 0.25) is 0 Å². The number of likely N-dealkylation sites (tertiary alicyclic amines) is 1. The Morgan fingerprint density at radius 3 is 2.96 bits per heavy atom. The van der Waals surface area contributed by atoms with Crippen molar-refractivity contribution in [1.82, 2.24) is 25.7 Å². The summed E-state index contributed by atoms with van der Waals surface area (Å²) in [5.41, 5.74) is 0. The van der Waals surface area contributed by atoms with Crippen molar-refractivity contribution >= 4 is 5.96 Å². The molecule has 2 rings (SSSR count). The maximum atomic E-state index is 5.47. The van der Waals surface area contributed by atoms with Crippen LogP contribution in [0, 0.1) is 0 Å². The third-order valence-electron chi connectivity index (χ3n) is 4.81. The molecule has 0 aliphatic carbocycles. The van der Waals surface area contributed by atoms with Gasteiger partial charge in [0.25, 0.3) is 0 Å². The first-order valence-electron chi connectivity index (χ1n) is 9.80. The molecule has 8 nitrogen and oxygen atoms in total. The number of ether oxygens (including phenoxy) is 1. The summed E-state index contributed by atoms with van der Waals surface area (Å²) in [6.45, 7) is 10.3. The van der Waals surface area contributed by atoms with E-state index in [0.717, 1.165) is 25.1 Å². The standard InChI is InChI=1S/C18H34N6O2/c1-5-15-9-7-8-11-24(15)12-10-20-18(19-4)21-13-16-22-17(23-26-16)14(3)25-6-2/h14-15H,5-13H2,1-4H3,(H2,19,20,21). The number of hydrogen-bond acceptors (Lipinski definition) is 6. The molecule has 0 bridgehead atoms. The predicted molar refractivity (Wildman–Crippen MR) is 102 cm³/mol. The van der Waals surface area contributed by atoms with Crippen LogP contribution in [0.3, 0.4) is 0 Å². The van der Waals surface area contributed by atoms with E-state index < -0.39 is 0 Å². The molecule has 148 valence electrons. The number of aliphatic imine (C=N–C) groups is 1. The van der Waals surface area contributed by atoms with E-state index in [1.807, 2.05) is 13.8 Å². The lowest BCUT2D eigenvalue weighted by molar-refractivity contribution is 0.0683. The van der Waals surface area contributed by atoms with Gasteiger partial charge in [-0.2, -0.15) is 4.98 Å². The number of nitrogens with zero attached hydrogens (tertiary/aromatic N) is 4. The van der Waals surface area contributed by atoms with Crippen molar-refractivity contribution in [3.8, 4) is 0 Å². The number of guanidine groups is 1. The van der Waals surface area contributed by atoms with E-state index in [-0.39, 0.29) is 6.10 Å². The van der Waals surface area contributed by atoms with Crippen LogP contribution >= 0.6 is 0 Å². The smallest absolute Gasteiger partial charge is 0.246 e. The van der Waals surface area contributed by atoms with Crippen molar-refractivity contribution in [2.75, 3.05) is 33.3 Å². The molecular formula is C18H34N6O2. The lowest BCUT2D eigenvalue weighted by Crippen LogP contribution is -2.45. The summed E-state index contributed by atoms with van der Waals surface area (Å²) in [7, 11) is 1.77. The Morgan fingerprint density at radius 1 is 1.38 bits per heavy atom. The van der Waals surface area contributed by atoms with Crippen molar-refractivity contribution in [2.24, 2.45) is 4.99 Å². The summed E-state index contributed by atoms with van der Waals surface area (Å²) < 4.78 is 10.7. The van der Waals surface area contributed by atoms with Gasteiger partial charge < -0.3 is 19.9 Å². The van der Waals surface area contributed by atoms with Crippen LogP contribution in [0.15, 0.2) is 9.52 Å². The molecule has 1 fully saturated rings. The van der Waals surface area contributed by atoms with E-state index in [1.54, 1.807) is 7.05 Å². The number of nitrogens with one attached hydrogen (secondary N) is 2. The van der Waals surface area contributed by atoms with Crippen LogP contribution in [0.25, 0.3) is 0 Å². The summed E-state index contributed by atoms with van der Waals surface area (Å²) in [5.74, 6) is 1.84. The highest BCUT2D eigenvalue weighted by Gasteiger charge is 2.20. The molecule has 0 amide bonds. The Labute approximate surface area is 156 Å². The number of rotatable bonds is 9. The monoisotopic (exact) mass is 366 g/mol. The van der Waals surface area contributed by atoms with Crippen LogP contribution in [-0.4, -0.2) is 60.3 Å². The fourth-order valence-corrected chi connectivity index (χ4v) is 3.34. The fourth-order valence-electron chi connectivity index (χ4n) is 3.34. The first-order valence-corrected chi connectivity index (χ1v) is 9.80. The molecule has 2 unspecified atom stereocenters. The number of aromatic nitrogens is 2. The molecule has 1 aromatic rings. The molecule has 2 atom stereocenters. The molecule has 1 aromatic heterocycles. The van der Waals surface area contributed by atoms with Crippen molar-refractivity contribution in [3.63, 3.8) is 0 Å². The van der Waals surface area contributed by atoms with Gasteiger partial charge in [0.15, 0.2) is 11.8 Å². The van der Waals surface area contributed by atoms with E-state index in [9.17, 15) is 0 Å². The van der Waals surface area contributed by atoms with Crippen molar-refractivity contribution in [1.29, 1.82) is 0 Å². The van der Waals surface area contributed by atoms with Gasteiger partial charge in [0.05, 0.1) is 6.54 Å². The third-order valence-corrected chi connectivity index (χ3v) is 4.81. The van der Waals surface area contributed by atoms with Gasteiger partial charge in [0.2, 0.25) is 5.89 Å². The highest BCUT2D eigenvalue weighted by molar-refractivity contribution is 5.79. The predicted octanol–water partition coefficient (Wildman–Crippen LogP) is 2.10. The summed E-state index contributed by atoms with van der Waals surface area (Å²) >= 11 is 0. The zero-order valence-corrected chi connectivity index (χ0v) is 16.6. The molecule has 2 heterocycles. The average molecular weight is 367 g/mol. The minimum absolute atomic E-state index is 0.161. The molecule has 0 saturated carbocycles. The summed E-state index contributed by atoms with van der Waals surface area (Å²) in [6.07, 6.45) is 5.06. The topological polar surface area (TPSA) is 87.8 Å². The second-order valence-corrected chi connectivity index (χ2v) is 6.59. The van der Waals surface area contributed by atoms with Crippen molar-refractivity contribution < 1.29 is 9.26 Å². The van der Waals surface area contributed by atoms with Gasteiger partial charge in [-0.15, -0.1) is 0 Å². The minimum atomic E-state index is -0.161. The van der Waals surface area contributed by atoms with E-state index in [1.165, 1.54) is 32.2 Å². The van der Waals surface area contributed by atoms with Gasteiger partial charge >= 0.3 is 0 Å². The second kappa shape index (κ2) is 11.1. The van der Waals surface area contributed by atoms with Gasteiger partial charge in [-0.05, 0) is 39.7 Å². The lowest BCUT2D eigenvalue weighted by Gasteiger charge is -2.35. The molecule has 2 N–H and O–H groups in total. The third kappa shape index (κ3) is 6.25. The fraction of sp³-hybridized carbons (Fsp3) is 0.833. The quantitative estimate of drug-likeness (QED) is 0.511. The Balaban J connectivity index is 1.72. The maximum Gasteiger partial charge on any atom is 0.246 e. The first-order chi connectivity index (χ1) is 12.7. The van der Waals surface area contributed by atoms with Gasteiger partial charge in [-0.25, -0.2) is 0 Å². The normalized spacial score (nSPS) is 20.2. The highest BCUT2D eigenvalue weighted by Crippen LogP contribution is 2.18. The maximum absolute atomic E-state index is 5.47. The average Bonchev–Trinajstić information content (AvgIpc) is 3.14. The zero-order valence-electron chi connectivity index (χ0n) is 16.6. The van der Waals surface area contributed by atoms with Gasteiger partial charge in [0.1, 0.15) is 6.10 Å². The van der Waals surface area contributed by atoms with Crippen molar-refractivity contribution in [3.05, 3.63) is 11.7 Å². The molecule has 1 aliphatic rings. The highest BCUT2D eigenvalue weighted by atomic mass is 16.5. The zero-order chi connectivity index (χ0) is 18.8. The van der Waals surface area contributed by atoms with Crippen LogP contribution in [0.4, 0.5) is 0 Å². The molecule has 8 heteroatoms. The van der Waals surface area contributed by atoms with Crippen LogP contribution in [0.1, 0.15) is 64.3 Å². The Bertz CT molecular complexity index is 548. The molecule has 1 aliphatic heterocycles. The van der Waals surface area contributed by atoms with E-state index in [2.05, 4.69) is 37.6 Å². The summed E-state index contributed by atoms with van der Waals surface area (Å²) in [6, 6.07) is 0.727. The van der Waals surface area contributed by atoms with Crippen LogP contribution < -0.4 is 10.6 Å². The number of piperidine rings is 1. The summed E-state index contributed by atoms with van der Waals surface area (Å²) in [5, 5.41) is 10.5.